The molecule has 0 fully saturated rings. The van der Waals surface area contributed by atoms with Crippen LogP contribution in [0.25, 0.3) is 0 Å². The average molecular weight is 272 g/mol. The van der Waals surface area contributed by atoms with E-state index in [0.29, 0.717) is 5.57 Å². The molecule has 0 saturated carbocycles. The SMILES string of the molecule is NC(=O)C1=CC=CN(c2ccc3c(c2)CCC3)C1S. The maximum atomic E-state index is 11.4. The van der Waals surface area contributed by atoms with E-state index in [0.717, 1.165) is 12.1 Å². The van der Waals surface area contributed by atoms with Crippen molar-refractivity contribution in [1.82, 2.24) is 0 Å². The smallest absolute Gasteiger partial charge is 0.247 e. The van der Waals surface area contributed by atoms with E-state index in [2.05, 4.69) is 30.8 Å². The topological polar surface area (TPSA) is 46.3 Å². The summed E-state index contributed by atoms with van der Waals surface area (Å²) in [5.74, 6) is -0.421. The summed E-state index contributed by atoms with van der Waals surface area (Å²) in [4.78, 5) is 13.3. The van der Waals surface area contributed by atoms with Crippen LogP contribution in [-0.2, 0) is 17.6 Å². The highest BCUT2D eigenvalue weighted by Crippen LogP contribution is 2.31. The Morgan fingerprint density at radius 3 is 2.89 bits per heavy atom. The number of thiol groups is 1. The van der Waals surface area contributed by atoms with Crippen LogP contribution in [0.3, 0.4) is 0 Å². The Kier molecular flexibility index (Phi) is 3.11. The molecule has 0 radical (unpaired) electrons. The van der Waals surface area contributed by atoms with Gasteiger partial charge in [0, 0.05) is 17.5 Å². The second-order valence-electron chi connectivity index (χ2n) is 4.92. The molecule has 0 bridgehead atoms. The summed E-state index contributed by atoms with van der Waals surface area (Å²) in [7, 11) is 0. The van der Waals surface area contributed by atoms with Gasteiger partial charge in [-0.25, -0.2) is 0 Å². The molecule has 0 spiro atoms. The molecule has 3 rings (SSSR count). The maximum absolute atomic E-state index is 11.4. The standard InChI is InChI=1S/C15H16N2OS/c16-14(18)13-5-2-8-17(15(13)19)12-7-6-10-3-1-4-11(10)9-12/h2,5-9,15,19H,1,3-4H2,(H2,16,18). The first kappa shape index (κ1) is 12.4. The van der Waals surface area contributed by atoms with Crippen LogP contribution in [0, 0.1) is 0 Å². The Labute approximate surface area is 118 Å². The Morgan fingerprint density at radius 1 is 1.32 bits per heavy atom. The third-order valence-electron chi connectivity index (χ3n) is 3.73. The number of carbonyl (C=O) groups excluding carboxylic acids is 1. The van der Waals surface area contributed by atoms with Crippen molar-refractivity contribution in [1.29, 1.82) is 0 Å². The van der Waals surface area contributed by atoms with Gasteiger partial charge in [0.25, 0.3) is 0 Å². The molecule has 98 valence electrons. The van der Waals surface area contributed by atoms with E-state index in [9.17, 15) is 4.79 Å². The third kappa shape index (κ3) is 2.16. The highest BCUT2D eigenvalue weighted by atomic mass is 32.1. The molecule has 1 aromatic carbocycles. The van der Waals surface area contributed by atoms with Gasteiger partial charge in [0.15, 0.2) is 0 Å². The fraction of sp³-hybridized carbons (Fsp3) is 0.267. The van der Waals surface area contributed by atoms with Crippen molar-refractivity contribution in [2.45, 2.75) is 24.6 Å². The molecule has 3 nitrogen and oxygen atoms in total. The lowest BCUT2D eigenvalue weighted by atomic mass is 10.1. The highest BCUT2D eigenvalue weighted by Gasteiger charge is 2.24. The number of benzene rings is 1. The van der Waals surface area contributed by atoms with Crippen molar-refractivity contribution in [3.05, 3.63) is 53.3 Å². The molecule has 1 aliphatic carbocycles. The fourth-order valence-electron chi connectivity index (χ4n) is 2.71. The summed E-state index contributed by atoms with van der Waals surface area (Å²) < 4.78 is 0. The van der Waals surface area contributed by atoms with Gasteiger partial charge in [-0.05, 0) is 54.7 Å². The van der Waals surface area contributed by atoms with Crippen molar-refractivity contribution in [3.63, 3.8) is 0 Å². The van der Waals surface area contributed by atoms with Gasteiger partial charge in [-0.1, -0.05) is 6.07 Å². The van der Waals surface area contributed by atoms with Gasteiger partial charge in [0.1, 0.15) is 5.37 Å². The van der Waals surface area contributed by atoms with E-state index < -0.39 is 5.91 Å². The van der Waals surface area contributed by atoms with E-state index in [4.69, 9.17) is 5.73 Å². The molecule has 4 heteroatoms. The van der Waals surface area contributed by atoms with Crippen LogP contribution in [-0.4, -0.2) is 11.3 Å². The summed E-state index contributed by atoms with van der Waals surface area (Å²) in [6.07, 6.45) is 9.02. The minimum Gasteiger partial charge on any atom is -0.366 e. The average Bonchev–Trinajstić information content (AvgIpc) is 2.85. The number of hydrogen-bond acceptors (Lipinski definition) is 3. The second kappa shape index (κ2) is 4.78. The molecule has 0 saturated heterocycles. The van der Waals surface area contributed by atoms with E-state index >= 15 is 0 Å². The van der Waals surface area contributed by atoms with Gasteiger partial charge in [-0.15, -0.1) is 12.6 Å². The monoisotopic (exact) mass is 272 g/mol. The van der Waals surface area contributed by atoms with Gasteiger partial charge < -0.3 is 10.6 Å². The summed E-state index contributed by atoms with van der Waals surface area (Å²) in [5.41, 5.74) is 9.79. The number of anilines is 1. The lowest BCUT2D eigenvalue weighted by Gasteiger charge is -2.30. The molecule has 2 N–H and O–H groups in total. The van der Waals surface area contributed by atoms with E-state index in [1.807, 2.05) is 17.2 Å². The first-order valence-electron chi connectivity index (χ1n) is 6.43. The number of aryl methyl sites for hydroxylation is 2. The zero-order valence-corrected chi connectivity index (χ0v) is 11.4. The first-order chi connectivity index (χ1) is 9.16. The number of nitrogens with two attached hydrogens (primary N) is 1. The minimum absolute atomic E-state index is 0.318. The van der Waals surface area contributed by atoms with Gasteiger partial charge >= 0.3 is 0 Å². The highest BCUT2D eigenvalue weighted by molar-refractivity contribution is 7.81. The van der Waals surface area contributed by atoms with Crippen LogP contribution < -0.4 is 10.6 Å². The van der Waals surface area contributed by atoms with Crippen molar-refractivity contribution in [2.75, 3.05) is 4.90 Å². The number of rotatable bonds is 2. The molecule has 1 atom stereocenters. The van der Waals surface area contributed by atoms with Crippen LogP contribution >= 0.6 is 12.6 Å². The van der Waals surface area contributed by atoms with Gasteiger partial charge in [-0.2, -0.15) is 0 Å². The normalized spacial score (nSPS) is 21.2. The number of fused-ring (bicyclic) bond motifs is 1. The van der Waals surface area contributed by atoms with Gasteiger partial charge in [0.05, 0.1) is 0 Å². The predicted octanol–water partition coefficient (Wildman–Crippen LogP) is 2.18. The molecule has 1 unspecified atom stereocenters. The molecular formula is C15H16N2OS. The summed E-state index contributed by atoms with van der Waals surface area (Å²) in [6.45, 7) is 0. The van der Waals surface area contributed by atoms with Crippen LogP contribution in [0.1, 0.15) is 17.5 Å². The predicted molar refractivity (Wildman–Crippen MR) is 80.1 cm³/mol. The minimum atomic E-state index is -0.421. The molecule has 0 aromatic heterocycles. The zero-order chi connectivity index (χ0) is 13.4. The molecule has 19 heavy (non-hydrogen) atoms. The van der Waals surface area contributed by atoms with Crippen LogP contribution in [0.4, 0.5) is 5.69 Å². The number of amides is 1. The Morgan fingerprint density at radius 2 is 2.11 bits per heavy atom. The molecule has 1 heterocycles. The van der Waals surface area contributed by atoms with E-state index in [1.54, 1.807) is 6.08 Å². The molecule has 1 aliphatic heterocycles. The lowest BCUT2D eigenvalue weighted by Crippen LogP contribution is -2.35. The van der Waals surface area contributed by atoms with E-state index in [-0.39, 0.29) is 5.37 Å². The number of allylic oxidation sites excluding steroid dienone is 2. The second-order valence-corrected chi connectivity index (χ2v) is 5.40. The van der Waals surface area contributed by atoms with Crippen molar-refractivity contribution < 1.29 is 4.79 Å². The first-order valence-corrected chi connectivity index (χ1v) is 6.95. The Hall–Kier alpha value is -1.68. The largest absolute Gasteiger partial charge is 0.366 e. The summed E-state index contributed by atoms with van der Waals surface area (Å²) >= 11 is 4.51. The van der Waals surface area contributed by atoms with E-state index in [1.165, 1.54) is 24.0 Å². The number of primary amides is 1. The van der Waals surface area contributed by atoms with Crippen molar-refractivity contribution >= 4 is 24.2 Å². The molecule has 1 amide bonds. The third-order valence-corrected chi connectivity index (χ3v) is 4.26. The quantitative estimate of drug-likeness (QED) is 0.811. The maximum Gasteiger partial charge on any atom is 0.247 e. The Balaban J connectivity index is 1.93. The van der Waals surface area contributed by atoms with Crippen LogP contribution in [0.15, 0.2) is 42.1 Å². The summed E-state index contributed by atoms with van der Waals surface area (Å²) in [5, 5.41) is -0.318. The summed E-state index contributed by atoms with van der Waals surface area (Å²) in [6, 6.07) is 6.45. The van der Waals surface area contributed by atoms with Crippen molar-refractivity contribution in [2.24, 2.45) is 5.73 Å². The van der Waals surface area contributed by atoms with Gasteiger partial charge in [0.2, 0.25) is 5.91 Å². The lowest BCUT2D eigenvalue weighted by molar-refractivity contribution is -0.114. The fourth-order valence-corrected chi connectivity index (χ4v) is 3.14. The molecule has 2 aliphatic rings. The zero-order valence-electron chi connectivity index (χ0n) is 10.5. The molecular weight excluding hydrogens is 256 g/mol. The van der Waals surface area contributed by atoms with Gasteiger partial charge in [-0.3, -0.25) is 4.79 Å². The number of carbonyl (C=O) groups is 1. The van der Waals surface area contributed by atoms with Crippen LogP contribution in [0.2, 0.25) is 0 Å². The number of nitrogens with zero attached hydrogens (tertiary/aromatic N) is 1. The van der Waals surface area contributed by atoms with Crippen molar-refractivity contribution in [3.8, 4) is 0 Å². The van der Waals surface area contributed by atoms with Crippen LogP contribution in [0.5, 0.6) is 0 Å². The number of hydrogen-bond donors (Lipinski definition) is 2. The molecule has 1 aromatic rings. The Bertz CT molecular complexity index is 592.